The first kappa shape index (κ1) is 16.2. The van der Waals surface area contributed by atoms with Crippen LogP contribution in [0.5, 0.6) is 0 Å². The number of hydrogen-bond acceptors (Lipinski definition) is 3. The van der Waals surface area contributed by atoms with Crippen molar-refractivity contribution in [2.75, 3.05) is 33.4 Å². The molecule has 0 bridgehead atoms. The van der Waals surface area contributed by atoms with Gasteiger partial charge in [0.2, 0.25) is 0 Å². The van der Waals surface area contributed by atoms with Gasteiger partial charge in [-0.3, -0.25) is 0 Å². The topological polar surface area (TPSA) is 30.5 Å². The highest BCUT2D eigenvalue weighted by atomic mass is 16.5. The molecule has 0 amide bonds. The van der Waals surface area contributed by atoms with Gasteiger partial charge in [0, 0.05) is 25.6 Å². The molecule has 0 spiro atoms. The van der Waals surface area contributed by atoms with E-state index in [0.717, 1.165) is 32.7 Å². The lowest BCUT2D eigenvalue weighted by Gasteiger charge is -2.28. The Labute approximate surface area is 117 Å². The molecule has 0 aromatic heterocycles. The Hall–Kier alpha value is -0.900. The molecule has 19 heavy (non-hydrogen) atoms. The summed E-state index contributed by atoms with van der Waals surface area (Å²) in [5.74, 6) is 0. The SMILES string of the molecule is CCC(C)(CNCCOC)COCc1ccccc1. The highest BCUT2D eigenvalue weighted by Gasteiger charge is 2.21. The van der Waals surface area contributed by atoms with Crippen molar-refractivity contribution in [2.45, 2.75) is 26.9 Å². The first-order valence-electron chi connectivity index (χ1n) is 7.01. The maximum Gasteiger partial charge on any atom is 0.0717 e. The minimum Gasteiger partial charge on any atom is -0.383 e. The van der Waals surface area contributed by atoms with Gasteiger partial charge in [-0.25, -0.2) is 0 Å². The van der Waals surface area contributed by atoms with E-state index in [2.05, 4.69) is 31.3 Å². The van der Waals surface area contributed by atoms with E-state index in [4.69, 9.17) is 9.47 Å². The Bertz CT molecular complexity index is 329. The summed E-state index contributed by atoms with van der Waals surface area (Å²) in [6, 6.07) is 10.3. The van der Waals surface area contributed by atoms with E-state index in [-0.39, 0.29) is 5.41 Å². The molecule has 108 valence electrons. The van der Waals surface area contributed by atoms with E-state index in [1.54, 1.807) is 7.11 Å². The number of ether oxygens (including phenoxy) is 2. The second kappa shape index (κ2) is 9.08. The van der Waals surface area contributed by atoms with Gasteiger partial charge < -0.3 is 14.8 Å². The summed E-state index contributed by atoms with van der Waals surface area (Å²) in [7, 11) is 1.73. The predicted octanol–water partition coefficient (Wildman–Crippen LogP) is 2.86. The summed E-state index contributed by atoms with van der Waals surface area (Å²) in [6.45, 7) is 8.55. The quantitative estimate of drug-likeness (QED) is 0.660. The van der Waals surface area contributed by atoms with Crippen molar-refractivity contribution >= 4 is 0 Å². The molecule has 1 aromatic rings. The van der Waals surface area contributed by atoms with E-state index < -0.39 is 0 Å². The van der Waals surface area contributed by atoms with Crippen LogP contribution in [0.2, 0.25) is 0 Å². The van der Waals surface area contributed by atoms with Gasteiger partial charge in [0.15, 0.2) is 0 Å². The summed E-state index contributed by atoms with van der Waals surface area (Å²) >= 11 is 0. The molecule has 0 saturated heterocycles. The third kappa shape index (κ3) is 6.71. The third-order valence-corrected chi connectivity index (χ3v) is 3.45. The molecule has 0 radical (unpaired) electrons. The van der Waals surface area contributed by atoms with Crippen molar-refractivity contribution in [3.05, 3.63) is 35.9 Å². The van der Waals surface area contributed by atoms with Crippen molar-refractivity contribution in [3.63, 3.8) is 0 Å². The number of methoxy groups -OCH3 is 1. The predicted molar refractivity (Wildman–Crippen MR) is 79.2 cm³/mol. The molecule has 1 N–H and O–H groups in total. The fourth-order valence-corrected chi connectivity index (χ4v) is 1.83. The minimum absolute atomic E-state index is 0.183. The lowest BCUT2D eigenvalue weighted by atomic mass is 9.88. The smallest absolute Gasteiger partial charge is 0.0717 e. The van der Waals surface area contributed by atoms with Gasteiger partial charge in [-0.15, -0.1) is 0 Å². The van der Waals surface area contributed by atoms with E-state index in [9.17, 15) is 0 Å². The van der Waals surface area contributed by atoms with Crippen LogP contribution < -0.4 is 5.32 Å². The molecule has 0 fully saturated rings. The molecule has 1 unspecified atom stereocenters. The van der Waals surface area contributed by atoms with Crippen LogP contribution in [-0.2, 0) is 16.1 Å². The average Bonchev–Trinajstić information content (AvgIpc) is 2.45. The number of benzene rings is 1. The normalized spacial score (nSPS) is 14.3. The first-order valence-corrected chi connectivity index (χ1v) is 7.01. The van der Waals surface area contributed by atoms with Gasteiger partial charge >= 0.3 is 0 Å². The molecule has 1 aromatic carbocycles. The van der Waals surface area contributed by atoms with Crippen LogP contribution in [-0.4, -0.2) is 33.4 Å². The number of rotatable bonds is 10. The molecule has 1 atom stereocenters. The van der Waals surface area contributed by atoms with Crippen molar-refractivity contribution in [1.82, 2.24) is 5.32 Å². The second-order valence-corrected chi connectivity index (χ2v) is 5.31. The molecular weight excluding hydrogens is 238 g/mol. The monoisotopic (exact) mass is 265 g/mol. The van der Waals surface area contributed by atoms with Crippen LogP contribution in [0.25, 0.3) is 0 Å². The van der Waals surface area contributed by atoms with Gasteiger partial charge in [0.25, 0.3) is 0 Å². The molecule has 3 nitrogen and oxygen atoms in total. The first-order chi connectivity index (χ1) is 9.20. The van der Waals surface area contributed by atoms with Gasteiger partial charge in [-0.1, -0.05) is 44.2 Å². The summed E-state index contributed by atoms with van der Waals surface area (Å²) < 4.78 is 10.9. The molecule has 0 aliphatic heterocycles. The van der Waals surface area contributed by atoms with Crippen LogP contribution in [0.1, 0.15) is 25.8 Å². The fraction of sp³-hybridized carbons (Fsp3) is 0.625. The van der Waals surface area contributed by atoms with Crippen LogP contribution in [0.15, 0.2) is 30.3 Å². The van der Waals surface area contributed by atoms with Gasteiger partial charge in [0.05, 0.1) is 19.8 Å². The highest BCUT2D eigenvalue weighted by molar-refractivity contribution is 5.13. The standard InChI is InChI=1S/C16H27NO2/c1-4-16(2,13-17-10-11-18-3)14-19-12-15-8-6-5-7-9-15/h5-9,17H,4,10-14H2,1-3H3. The molecular formula is C16H27NO2. The van der Waals surface area contributed by atoms with Crippen LogP contribution >= 0.6 is 0 Å². The van der Waals surface area contributed by atoms with Crippen LogP contribution in [0.3, 0.4) is 0 Å². The Kier molecular flexibility index (Phi) is 7.72. The Morgan fingerprint density at radius 1 is 1.21 bits per heavy atom. The third-order valence-electron chi connectivity index (χ3n) is 3.45. The van der Waals surface area contributed by atoms with E-state index in [0.29, 0.717) is 6.61 Å². The Morgan fingerprint density at radius 2 is 1.95 bits per heavy atom. The van der Waals surface area contributed by atoms with E-state index in [1.165, 1.54) is 5.56 Å². The largest absolute Gasteiger partial charge is 0.383 e. The zero-order valence-corrected chi connectivity index (χ0v) is 12.4. The zero-order chi connectivity index (χ0) is 14.0. The molecule has 3 heteroatoms. The van der Waals surface area contributed by atoms with Crippen molar-refractivity contribution < 1.29 is 9.47 Å². The number of hydrogen-bond donors (Lipinski definition) is 1. The molecule has 0 aliphatic carbocycles. The minimum atomic E-state index is 0.183. The lowest BCUT2D eigenvalue weighted by Crippen LogP contribution is -2.36. The summed E-state index contributed by atoms with van der Waals surface area (Å²) in [5.41, 5.74) is 1.41. The maximum absolute atomic E-state index is 5.86. The highest BCUT2D eigenvalue weighted by Crippen LogP contribution is 2.21. The maximum atomic E-state index is 5.86. The van der Waals surface area contributed by atoms with E-state index >= 15 is 0 Å². The van der Waals surface area contributed by atoms with Gasteiger partial charge in [-0.05, 0) is 12.0 Å². The summed E-state index contributed by atoms with van der Waals surface area (Å²) in [5, 5.41) is 3.42. The van der Waals surface area contributed by atoms with Crippen molar-refractivity contribution in [2.24, 2.45) is 5.41 Å². The number of nitrogens with one attached hydrogen (secondary N) is 1. The van der Waals surface area contributed by atoms with E-state index in [1.807, 2.05) is 18.2 Å². The fourth-order valence-electron chi connectivity index (χ4n) is 1.83. The second-order valence-electron chi connectivity index (χ2n) is 5.31. The summed E-state index contributed by atoms with van der Waals surface area (Å²) in [4.78, 5) is 0. The van der Waals surface area contributed by atoms with Crippen LogP contribution in [0.4, 0.5) is 0 Å². The summed E-state index contributed by atoms with van der Waals surface area (Å²) in [6.07, 6.45) is 1.10. The van der Waals surface area contributed by atoms with Crippen molar-refractivity contribution in [3.8, 4) is 0 Å². The lowest BCUT2D eigenvalue weighted by molar-refractivity contribution is 0.0393. The zero-order valence-electron chi connectivity index (χ0n) is 12.4. The molecule has 0 heterocycles. The Morgan fingerprint density at radius 3 is 2.58 bits per heavy atom. The van der Waals surface area contributed by atoms with Crippen molar-refractivity contribution in [1.29, 1.82) is 0 Å². The van der Waals surface area contributed by atoms with Gasteiger partial charge in [0.1, 0.15) is 0 Å². The van der Waals surface area contributed by atoms with Gasteiger partial charge in [-0.2, -0.15) is 0 Å². The van der Waals surface area contributed by atoms with Crippen LogP contribution in [0, 0.1) is 5.41 Å². The Balaban J connectivity index is 2.26. The molecule has 1 rings (SSSR count). The molecule has 0 saturated carbocycles. The average molecular weight is 265 g/mol. The molecule has 0 aliphatic rings.